The van der Waals surface area contributed by atoms with Gasteiger partial charge in [0.1, 0.15) is 5.82 Å². The number of ether oxygens (including phenoxy) is 2. The third-order valence-electron chi connectivity index (χ3n) is 6.50. The Balaban J connectivity index is 1.24. The van der Waals surface area contributed by atoms with Gasteiger partial charge >= 0.3 is 0 Å². The lowest BCUT2D eigenvalue weighted by Gasteiger charge is -2.13. The summed E-state index contributed by atoms with van der Waals surface area (Å²) in [4.78, 5) is 37.8. The van der Waals surface area contributed by atoms with Crippen LogP contribution in [0.5, 0.6) is 11.5 Å². The third-order valence-corrected chi connectivity index (χ3v) is 6.50. The van der Waals surface area contributed by atoms with E-state index in [0.717, 1.165) is 11.4 Å². The van der Waals surface area contributed by atoms with Crippen LogP contribution in [-0.4, -0.2) is 42.2 Å². The Bertz CT molecular complexity index is 1210. The van der Waals surface area contributed by atoms with E-state index in [9.17, 15) is 18.8 Å². The van der Waals surface area contributed by atoms with Crippen LogP contribution >= 0.6 is 0 Å². The number of hydrogen-bond acceptors (Lipinski definition) is 6. The number of rotatable bonds is 8. The third kappa shape index (κ3) is 4.41. The molecule has 1 N–H and O–H groups in total. The lowest BCUT2D eigenvalue weighted by Crippen LogP contribution is -2.28. The van der Waals surface area contributed by atoms with E-state index >= 15 is 0 Å². The maximum absolute atomic E-state index is 13.3. The van der Waals surface area contributed by atoms with Gasteiger partial charge in [-0.05, 0) is 67.1 Å². The molecule has 1 saturated carbocycles. The SMILES string of the molecule is CCOc1cc(C=NN2C(=O)C3C4C=CC(C4)C3C2=O)ccc1OCC(=O)Nc1cccc(F)c1. The van der Waals surface area contributed by atoms with Gasteiger partial charge in [0.05, 0.1) is 24.7 Å². The molecule has 8 nitrogen and oxygen atoms in total. The summed E-state index contributed by atoms with van der Waals surface area (Å²) in [6.07, 6.45) is 6.38. The Morgan fingerprint density at radius 1 is 1.09 bits per heavy atom. The van der Waals surface area contributed by atoms with Crippen LogP contribution in [0, 0.1) is 29.5 Å². The van der Waals surface area contributed by atoms with E-state index in [-0.39, 0.29) is 42.1 Å². The van der Waals surface area contributed by atoms with Crippen LogP contribution in [0.3, 0.4) is 0 Å². The Labute approximate surface area is 201 Å². The second-order valence-electron chi connectivity index (χ2n) is 8.72. The van der Waals surface area contributed by atoms with Crippen molar-refractivity contribution >= 4 is 29.6 Å². The van der Waals surface area contributed by atoms with Crippen molar-refractivity contribution < 1.29 is 28.2 Å². The number of amides is 3. The van der Waals surface area contributed by atoms with Gasteiger partial charge in [-0.2, -0.15) is 10.1 Å². The highest BCUT2D eigenvalue weighted by atomic mass is 19.1. The molecule has 2 aromatic carbocycles. The van der Waals surface area contributed by atoms with Crippen molar-refractivity contribution in [3.63, 3.8) is 0 Å². The zero-order valence-electron chi connectivity index (χ0n) is 19.0. The van der Waals surface area contributed by atoms with Crippen molar-refractivity contribution in [2.45, 2.75) is 13.3 Å². The lowest BCUT2D eigenvalue weighted by atomic mass is 9.85. The minimum absolute atomic E-state index is 0.126. The van der Waals surface area contributed by atoms with E-state index in [1.54, 1.807) is 24.3 Å². The lowest BCUT2D eigenvalue weighted by molar-refractivity contribution is -0.140. The molecule has 2 bridgehead atoms. The molecule has 3 aliphatic rings. The normalized spacial score (nSPS) is 24.3. The number of benzene rings is 2. The van der Waals surface area contributed by atoms with Crippen LogP contribution in [-0.2, 0) is 14.4 Å². The largest absolute Gasteiger partial charge is 0.490 e. The average Bonchev–Trinajstić information content (AvgIpc) is 3.51. The smallest absolute Gasteiger partial charge is 0.262 e. The highest BCUT2D eigenvalue weighted by Crippen LogP contribution is 2.52. The number of carbonyl (C=O) groups is 3. The van der Waals surface area contributed by atoms with Crippen molar-refractivity contribution in [2.24, 2.45) is 28.8 Å². The zero-order chi connectivity index (χ0) is 24.5. The number of nitrogens with zero attached hydrogens (tertiary/aromatic N) is 2. The van der Waals surface area contributed by atoms with E-state index in [0.29, 0.717) is 29.4 Å². The van der Waals surface area contributed by atoms with Gasteiger partial charge in [-0.1, -0.05) is 18.2 Å². The number of halogens is 1. The topological polar surface area (TPSA) is 97.3 Å². The first-order valence-electron chi connectivity index (χ1n) is 11.5. The van der Waals surface area contributed by atoms with E-state index in [1.165, 1.54) is 24.4 Å². The van der Waals surface area contributed by atoms with Gasteiger partial charge in [0.2, 0.25) is 0 Å². The zero-order valence-corrected chi connectivity index (χ0v) is 19.0. The number of nitrogens with one attached hydrogen (secondary N) is 1. The summed E-state index contributed by atoms with van der Waals surface area (Å²) < 4.78 is 24.5. The molecular formula is C26H24FN3O5. The first kappa shape index (κ1) is 22.8. The highest BCUT2D eigenvalue weighted by molar-refractivity contribution is 6.06. The predicted octanol–water partition coefficient (Wildman–Crippen LogP) is 3.38. The first-order valence-corrected chi connectivity index (χ1v) is 11.5. The van der Waals surface area contributed by atoms with Gasteiger partial charge in [0.25, 0.3) is 17.7 Å². The average molecular weight is 477 g/mol. The summed E-state index contributed by atoms with van der Waals surface area (Å²) in [6, 6.07) is 10.5. The minimum Gasteiger partial charge on any atom is -0.490 e. The van der Waals surface area contributed by atoms with Crippen LogP contribution in [0.4, 0.5) is 10.1 Å². The number of hydrogen-bond donors (Lipinski definition) is 1. The van der Waals surface area contributed by atoms with Gasteiger partial charge in [0, 0.05) is 5.69 Å². The summed E-state index contributed by atoms with van der Waals surface area (Å²) in [6.45, 7) is 1.86. The van der Waals surface area contributed by atoms with Crippen molar-refractivity contribution in [3.8, 4) is 11.5 Å². The Hall–Kier alpha value is -4.01. The van der Waals surface area contributed by atoms with Crippen molar-refractivity contribution in [3.05, 3.63) is 66.0 Å². The van der Waals surface area contributed by atoms with Crippen LogP contribution < -0.4 is 14.8 Å². The molecule has 4 unspecified atom stereocenters. The van der Waals surface area contributed by atoms with Crippen molar-refractivity contribution in [1.82, 2.24) is 5.01 Å². The summed E-state index contributed by atoms with van der Waals surface area (Å²) >= 11 is 0. The number of imide groups is 1. The fraction of sp³-hybridized carbons (Fsp3) is 0.308. The monoisotopic (exact) mass is 477 g/mol. The molecule has 2 aromatic rings. The van der Waals surface area contributed by atoms with E-state index in [2.05, 4.69) is 10.4 Å². The van der Waals surface area contributed by atoms with Crippen molar-refractivity contribution in [2.75, 3.05) is 18.5 Å². The quantitative estimate of drug-likeness (QED) is 0.357. The maximum Gasteiger partial charge on any atom is 0.262 e. The molecule has 1 saturated heterocycles. The molecule has 5 rings (SSSR count). The number of fused-ring (bicyclic) bond motifs is 5. The summed E-state index contributed by atoms with van der Waals surface area (Å²) in [5.74, 6) is -1.04. The molecule has 2 aliphatic carbocycles. The summed E-state index contributed by atoms with van der Waals surface area (Å²) in [7, 11) is 0. The molecule has 0 radical (unpaired) electrons. The second kappa shape index (κ2) is 9.32. The van der Waals surface area contributed by atoms with Crippen LogP contribution in [0.1, 0.15) is 18.9 Å². The summed E-state index contributed by atoms with van der Waals surface area (Å²) in [5, 5.41) is 7.74. The van der Waals surface area contributed by atoms with Gasteiger partial charge < -0.3 is 14.8 Å². The van der Waals surface area contributed by atoms with Gasteiger partial charge in [0.15, 0.2) is 18.1 Å². The fourth-order valence-electron chi connectivity index (χ4n) is 5.02. The van der Waals surface area contributed by atoms with E-state index in [1.807, 2.05) is 19.1 Å². The minimum atomic E-state index is -0.455. The predicted molar refractivity (Wildman–Crippen MR) is 125 cm³/mol. The number of hydrazone groups is 1. The standard InChI is InChI=1S/C26H24FN3O5/c1-2-34-21-10-15(6-9-20(21)35-14-22(31)29-19-5-3-4-18(27)12-19)13-28-30-25(32)23-16-7-8-17(11-16)24(23)26(30)33/h3-10,12-13,16-17,23-24H,2,11,14H2,1H3,(H,29,31). The first-order chi connectivity index (χ1) is 16.9. The molecular weight excluding hydrogens is 453 g/mol. The molecule has 180 valence electrons. The van der Waals surface area contributed by atoms with E-state index < -0.39 is 11.7 Å². The molecule has 1 aliphatic heterocycles. The number of anilines is 1. The fourth-order valence-corrected chi connectivity index (χ4v) is 5.02. The van der Waals surface area contributed by atoms with Gasteiger partial charge in [-0.3, -0.25) is 14.4 Å². The Morgan fingerprint density at radius 3 is 2.51 bits per heavy atom. The molecule has 3 amide bonds. The van der Waals surface area contributed by atoms with Gasteiger partial charge in [-0.25, -0.2) is 4.39 Å². The van der Waals surface area contributed by atoms with Gasteiger partial charge in [-0.15, -0.1) is 0 Å². The second-order valence-corrected chi connectivity index (χ2v) is 8.72. The molecule has 0 spiro atoms. The van der Waals surface area contributed by atoms with Crippen molar-refractivity contribution in [1.29, 1.82) is 0 Å². The van der Waals surface area contributed by atoms with Crippen LogP contribution in [0.15, 0.2) is 59.7 Å². The Morgan fingerprint density at radius 2 is 1.83 bits per heavy atom. The summed E-state index contributed by atoms with van der Waals surface area (Å²) in [5.41, 5.74) is 0.929. The highest BCUT2D eigenvalue weighted by Gasteiger charge is 2.59. The van der Waals surface area contributed by atoms with Crippen LogP contribution in [0.2, 0.25) is 0 Å². The van der Waals surface area contributed by atoms with Crippen LogP contribution in [0.25, 0.3) is 0 Å². The molecule has 0 aromatic heterocycles. The Kier molecular flexibility index (Phi) is 6.07. The van der Waals surface area contributed by atoms with E-state index in [4.69, 9.17) is 9.47 Å². The maximum atomic E-state index is 13.3. The number of carbonyl (C=O) groups excluding carboxylic acids is 3. The number of allylic oxidation sites excluding steroid dienone is 2. The molecule has 9 heteroatoms. The molecule has 4 atom stereocenters. The molecule has 35 heavy (non-hydrogen) atoms. The molecule has 1 heterocycles. The molecule has 2 fully saturated rings.